The molecule has 0 aliphatic rings. The van der Waals surface area contributed by atoms with Crippen molar-refractivity contribution in [3.63, 3.8) is 0 Å². The summed E-state index contributed by atoms with van der Waals surface area (Å²) in [7, 11) is 0. The molecule has 76 valence electrons. The molecule has 0 spiro atoms. The van der Waals surface area contributed by atoms with Gasteiger partial charge in [-0.3, -0.25) is 0 Å². The molecule has 1 aromatic carbocycles. The van der Waals surface area contributed by atoms with Crippen molar-refractivity contribution < 1.29 is 9.90 Å². The number of thioether (sulfide) groups is 1. The van der Waals surface area contributed by atoms with E-state index in [9.17, 15) is 4.79 Å². The van der Waals surface area contributed by atoms with Crippen LogP contribution in [0, 0.1) is 0 Å². The van der Waals surface area contributed by atoms with E-state index in [1.807, 2.05) is 6.92 Å². The quantitative estimate of drug-likeness (QED) is 0.830. The van der Waals surface area contributed by atoms with Gasteiger partial charge in [0, 0.05) is 9.92 Å². The maximum Gasteiger partial charge on any atom is 0.336 e. The molecule has 0 atom stereocenters. The lowest BCUT2D eigenvalue weighted by atomic mass is 10.2. The van der Waals surface area contributed by atoms with Crippen molar-refractivity contribution in [2.75, 3.05) is 5.75 Å². The predicted octanol–water partition coefficient (Wildman–Crippen LogP) is 3.80. The average molecular weight is 251 g/mol. The fourth-order valence-corrected chi connectivity index (χ4v) is 2.45. The Hall–Kier alpha value is -0.380. The SMILES string of the molecule is CCSc1c(Cl)cc(Cl)cc1C(=O)O. The van der Waals surface area contributed by atoms with Gasteiger partial charge >= 0.3 is 5.97 Å². The number of carboxylic acid groups (broad SMARTS) is 1. The molecule has 0 bridgehead atoms. The maximum atomic E-state index is 10.9. The van der Waals surface area contributed by atoms with E-state index in [1.165, 1.54) is 17.8 Å². The van der Waals surface area contributed by atoms with E-state index in [0.29, 0.717) is 14.9 Å². The summed E-state index contributed by atoms with van der Waals surface area (Å²) in [5, 5.41) is 9.64. The fraction of sp³-hybridized carbons (Fsp3) is 0.222. The Bertz CT molecular complexity index is 366. The number of carbonyl (C=O) groups is 1. The summed E-state index contributed by atoms with van der Waals surface area (Å²) >= 11 is 13.0. The van der Waals surface area contributed by atoms with Gasteiger partial charge in [0.25, 0.3) is 0 Å². The molecule has 0 aliphatic heterocycles. The number of hydrogen-bond acceptors (Lipinski definition) is 2. The molecular weight excluding hydrogens is 243 g/mol. The molecule has 1 aromatic rings. The highest BCUT2D eigenvalue weighted by Gasteiger charge is 2.14. The van der Waals surface area contributed by atoms with E-state index >= 15 is 0 Å². The third-order valence-corrected chi connectivity index (χ3v) is 3.17. The van der Waals surface area contributed by atoms with Gasteiger partial charge in [-0.1, -0.05) is 30.1 Å². The molecule has 0 saturated heterocycles. The van der Waals surface area contributed by atoms with E-state index < -0.39 is 5.97 Å². The van der Waals surface area contributed by atoms with E-state index in [1.54, 1.807) is 6.07 Å². The van der Waals surface area contributed by atoms with E-state index in [-0.39, 0.29) is 5.56 Å². The summed E-state index contributed by atoms with van der Waals surface area (Å²) in [6.45, 7) is 1.93. The lowest BCUT2D eigenvalue weighted by molar-refractivity contribution is 0.0693. The lowest BCUT2D eigenvalue weighted by Gasteiger charge is -2.07. The average Bonchev–Trinajstić information content (AvgIpc) is 2.09. The standard InChI is InChI=1S/C9H8Cl2O2S/c1-2-14-8-6(9(12)13)3-5(10)4-7(8)11/h3-4H,2H2,1H3,(H,12,13). The predicted molar refractivity (Wildman–Crippen MR) is 59.8 cm³/mol. The van der Waals surface area contributed by atoms with Gasteiger partial charge in [0.15, 0.2) is 0 Å². The van der Waals surface area contributed by atoms with Crippen molar-refractivity contribution in [2.45, 2.75) is 11.8 Å². The normalized spacial score (nSPS) is 10.2. The van der Waals surface area contributed by atoms with Crippen LogP contribution in [-0.2, 0) is 0 Å². The zero-order valence-electron chi connectivity index (χ0n) is 7.38. The van der Waals surface area contributed by atoms with Gasteiger partial charge in [0.2, 0.25) is 0 Å². The van der Waals surface area contributed by atoms with E-state index in [2.05, 4.69) is 0 Å². The van der Waals surface area contributed by atoms with Crippen LogP contribution in [0.3, 0.4) is 0 Å². The third-order valence-electron chi connectivity index (χ3n) is 1.53. The summed E-state index contributed by atoms with van der Waals surface area (Å²) in [4.78, 5) is 11.4. The first-order chi connectivity index (χ1) is 6.56. The van der Waals surface area contributed by atoms with Crippen molar-refractivity contribution in [3.05, 3.63) is 27.7 Å². The molecule has 1 N–H and O–H groups in total. The van der Waals surface area contributed by atoms with Crippen LogP contribution >= 0.6 is 35.0 Å². The van der Waals surface area contributed by atoms with Gasteiger partial charge in [0.05, 0.1) is 10.6 Å². The zero-order chi connectivity index (χ0) is 10.7. The number of halogens is 2. The van der Waals surface area contributed by atoms with Crippen molar-refractivity contribution in [1.29, 1.82) is 0 Å². The third kappa shape index (κ3) is 2.56. The van der Waals surface area contributed by atoms with Crippen molar-refractivity contribution in [2.24, 2.45) is 0 Å². The number of benzene rings is 1. The van der Waals surface area contributed by atoms with Crippen molar-refractivity contribution in [1.82, 2.24) is 0 Å². The van der Waals surface area contributed by atoms with Crippen LogP contribution in [0.2, 0.25) is 10.0 Å². The molecule has 0 fully saturated rings. The molecule has 0 aromatic heterocycles. The summed E-state index contributed by atoms with van der Waals surface area (Å²) < 4.78 is 0. The number of hydrogen-bond donors (Lipinski definition) is 1. The van der Waals surface area contributed by atoms with Gasteiger partial charge < -0.3 is 5.11 Å². The molecule has 2 nitrogen and oxygen atoms in total. The van der Waals surface area contributed by atoms with Crippen molar-refractivity contribution >= 4 is 40.9 Å². The van der Waals surface area contributed by atoms with E-state index in [4.69, 9.17) is 28.3 Å². The molecule has 0 radical (unpaired) electrons. The number of carboxylic acids is 1. The topological polar surface area (TPSA) is 37.3 Å². The molecule has 5 heteroatoms. The van der Waals surface area contributed by atoms with Crippen LogP contribution in [0.15, 0.2) is 17.0 Å². The second-order valence-electron chi connectivity index (χ2n) is 2.50. The maximum absolute atomic E-state index is 10.9. The van der Waals surface area contributed by atoms with Gasteiger partial charge in [0.1, 0.15) is 0 Å². The summed E-state index contributed by atoms with van der Waals surface area (Å²) in [6, 6.07) is 2.96. The second-order valence-corrected chi connectivity index (χ2v) is 4.62. The van der Waals surface area contributed by atoms with Crippen LogP contribution in [0.4, 0.5) is 0 Å². The Balaban J connectivity index is 3.28. The Morgan fingerprint density at radius 2 is 2.14 bits per heavy atom. The fourth-order valence-electron chi connectivity index (χ4n) is 1.01. The van der Waals surface area contributed by atoms with Crippen LogP contribution < -0.4 is 0 Å². The smallest absolute Gasteiger partial charge is 0.336 e. The van der Waals surface area contributed by atoms with Crippen molar-refractivity contribution in [3.8, 4) is 0 Å². The van der Waals surface area contributed by atoms with Crippen LogP contribution in [0.25, 0.3) is 0 Å². The Labute approximate surface area is 96.2 Å². The van der Waals surface area contributed by atoms with Gasteiger partial charge in [-0.05, 0) is 17.9 Å². The number of rotatable bonds is 3. The highest BCUT2D eigenvalue weighted by molar-refractivity contribution is 7.99. The molecule has 1 rings (SSSR count). The first-order valence-electron chi connectivity index (χ1n) is 3.91. The van der Waals surface area contributed by atoms with Crippen LogP contribution in [0.1, 0.15) is 17.3 Å². The highest BCUT2D eigenvalue weighted by Crippen LogP contribution is 2.33. The van der Waals surface area contributed by atoms with Gasteiger partial charge in [-0.2, -0.15) is 0 Å². The van der Waals surface area contributed by atoms with E-state index in [0.717, 1.165) is 5.75 Å². The minimum Gasteiger partial charge on any atom is -0.478 e. The monoisotopic (exact) mass is 250 g/mol. The molecule has 0 heterocycles. The Kier molecular flexibility index (Phi) is 4.11. The second kappa shape index (κ2) is 4.91. The Morgan fingerprint density at radius 1 is 1.50 bits per heavy atom. The minimum absolute atomic E-state index is 0.161. The lowest BCUT2D eigenvalue weighted by Crippen LogP contribution is -1.99. The molecule has 0 amide bonds. The summed E-state index contributed by atoms with van der Waals surface area (Å²) in [5.41, 5.74) is 0.161. The first kappa shape index (κ1) is 11.7. The van der Waals surface area contributed by atoms with Gasteiger partial charge in [-0.25, -0.2) is 4.79 Å². The molecular formula is C9H8Cl2O2S. The summed E-state index contributed by atoms with van der Waals surface area (Å²) in [5.74, 6) is -0.243. The van der Waals surface area contributed by atoms with Crippen LogP contribution in [-0.4, -0.2) is 16.8 Å². The summed E-state index contributed by atoms with van der Waals surface area (Å²) in [6.07, 6.45) is 0. The molecule has 0 unspecified atom stereocenters. The highest BCUT2D eigenvalue weighted by atomic mass is 35.5. The van der Waals surface area contributed by atoms with Gasteiger partial charge in [-0.15, -0.1) is 11.8 Å². The molecule has 0 saturated carbocycles. The largest absolute Gasteiger partial charge is 0.478 e. The zero-order valence-corrected chi connectivity index (χ0v) is 9.71. The molecule has 14 heavy (non-hydrogen) atoms. The first-order valence-corrected chi connectivity index (χ1v) is 5.65. The Morgan fingerprint density at radius 3 is 2.64 bits per heavy atom. The van der Waals surface area contributed by atoms with Crippen LogP contribution in [0.5, 0.6) is 0 Å². The molecule has 0 aliphatic carbocycles. The minimum atomic E-state index is -1.01. The number of aromatic carboxylic acids is 1.